The van der Waals surface area contributed by atoms with Crippen LogP contribution in [0.25, 0.3) is 11.2 Å². The van der Waals surface area contributed by atoms with Crippen LogP contribution in [0.2, 0.25) is 0 Å². The Kier molecular flexibility index (Phi) is 6.74. The fourth-order valence-electron chi connectivity index (χ4n) is 3.32. The summed E-state index contributed by atoms with van der Waals surface area (Å²) in [5, 5.41) is 33.4. The minimum atomic E-state index is -1.27. The van der Waals surface area contributed by atoms with Crippen molar-refractivity contribution < 1.29 is 29.6 Å². The number of amides is 1. The van der Waals surface area contributed by atoms with Crippen LogP contribution in [0.4, 0.5) is 4.79 Å². The van der Waals surface area contributed by atoms with Crippen molar-refractivity contribution >= 4 is 29.0 Å². The summed E-state index contributed by atoms with van der Waals surface area (Å²) in [4.78, 5) is 24.5. The van der Waals surface area contributed by atoms with Gasteiger partial charge in [-0.1, -0.05) is 23.9 Å². The monoisotopic (exact) mass is 461 g/mol. The van der Waals surface area contributed by atoms with E-state index in [0.717, 1.165) is 5.56 Å². The van der Waals surface area contributed by atoms with E-state index in [0.29, 0.717) is 28.5 Å². The highest BCUT2D eigenvalue weighted by Crippen LogP contribution is 2.33. The summed E-state index contributed by atoms with van der Waals surface area (Å²) in [6.07, 6.45) is -2.14. The van der Waals surface area contributed by atoms with Crippen LogP contribution in [0.1, 0.15) is 18.7 Å². The van der Waals surface area contributed by atoms with Gasteiger partial charge in [-0.2, -0.15) is 0 Å². The zero-order chi connectivity index (χ0) is 22.7. The quantitative estimate of drug-likeness (QED) is 0.298. The number of aliphatic hydroxyl groups is 2. The van der Waals surface area contributed by atoms with Crippen molar-refractivity contribution in [3.05, 3.63) is 42.5 Å². The maximum Gasteiger partial charge on any atom is 0.407 e. The number of benzene rings is 1. The van der Waals surface area contributed by atoms with Gasteiger partial charge in [0.25, 0.3) is 0 Å². The highest BCUT2D eigenvalue weighted by Gasteiger charge is 2.45. The number of aromatic hydroxyl groups is 1. The number of carbonyl (C=O) groups excluding carboxylic acids is 1. The Bertz CT molecular complexity index is 1080. The summed E-state index contributed by atoms with van der Waals surface area (Å²) in [5.74, 6) is 0.814. The Labute approximate surface area is 187 Å². The number of thioether (sulfide) groups is 1. The lowest BCUT2D eigenvalue weighted by Gasteiger charge is -2.16. The van der Waals surface area contributed by atoms with Gasteiger partial charge in [-0.25, -0.2) is 19.7 Å². The second-order valence-corrected chi connectivity index (χ2v) is 8.10. The maximum atomic E-state index is 11.5. The molecule has 0 radical (unpaired) electrons. The first kappa shape index (κ1) is 22.3. The number of phenolic OH excluding ortho intramolecular Hbond substituents is 1. The number of imidazole rings is 1. The van der Waals surface area contributed by atoms with Crippen LogP contribution in [0.3, 0.4) is 0 Å². The number of carbonyl (C=O) groups is 1. The van der Waals surface area contributed by atoms with Gasteiger partial charge >= 0.3 is 6.09 Å². The molecule has 4 unspecified atom stereocenters. The Morgan fingerprint density at radius 1 is 1.22 bits per heavy atom. The van der Waals surface area contributed by atoms with E-state index in [-0.39, 0.29) is 12.4 Å². The van der Waals surface area contributed by atoms with Crippen molar-refractivity contribution in [2.75, 3.05) is 13.2 Å². The predicted molar refractivity (Wildman–Crippen MR) is 114 cm³/mol. The number of phenols is 1. The van der Waals surface area contributed by atoms with Crippen molar-refractivity contribution in [1.29, 1.82) is 0 Å². The van der Waals surface area contributed by atoms with E-state index in [1.807, 2.05) is 12.1 Å². The first-order chi connectivity index (χ1) is 15.5. The molecule has 4 rings (SSSR count). The van der Waals surface area contributed by atoms with Crippen LogP contribution in [0.15, 0.2) is 41.9 Å². The zero-order valence-electron chi connectivity index (χ0n) is 17.2. The van der Waals surface area contributed by atoms with Gasteiger partial charge in [-0.15, -0.1) is 0 Å². The van der Waals surface area contributed by atoms with Gasteiger partial charge < -0.3 is 30.1 Å². The van der Waals surface area contributed by atoms with Gasteiger partial charge in [0.2, 0.25) is 0 Å². The molecule has 0 bridgehead atoms. The highest BCUT2D eigenvalue weighted by atomic mass is 32.2. The predicted octanol–water partition coefficient (Wildman–Crippen LogP) is 1.19. The van der Waals surface area contributed by atoms with Crippen molar-refractivity contribution in [1.82, 2.24) is 24.8 Å². The van der Waals surface area contributed by atoms with Gasteiger partial charge in [0, 0.05) is 12.3 Å². The Balaban J connectivity index is 1.49. The summed E-state index contributed by atoms with van der Waals surface area (Å²) >= 11 is 1.46. The minimum Gasteiger partial charge on any atom is -0.508 e. The molecule has 0 spiro atoms. The van der Waals surface area contributed by atoms with Crippen LogP contribution in [-0.2, 0) is 15.2 Å². The number of ether oxygens (including phenoxy) is 2. The van der Waals surface area contributed by atoms with Crippen LogP contribution in [-0.4, -0.2) is 72.4 Å². The van der Waals surface area contributed by atoms with Gasteiger partial charge in [0.05, 0.1) is 6.33 Å². The molecule has 11 nitrogen and oxygen atoms in total. The second kappa shape index (κ2) is 9.69. The normalized spacial score (nSPS) is 22.8. The fourth-order valence-corrected chi connectivity index (χ4v) is 4.21. The smallest absolute Gasteiger partial charge is 0.407 e. The number of nitrogens with zero attached hydrogens (tertiary/aromatic N) is 4. The molecule has 1 aliphatic heterocycles. The summed E-state index contributed by atoms with van der Waals surface area (Å²) in [7, 11) is 0. The number of hydrogen-bond acceptors (Lipinski definition) is 10. The molecular weight excluding hydrogens is 438 g/mol. The molecule has 32 heavy (non-hydrogen) atoms. The Morgan fingerprint density at radius 3 is 2.75 bits per heavy atom. The molecule has 3 aromatic rings. The van der Waals surface area contributed by atoms with Crippen LogP contribution in [0, 0.1) is 0 Å². The van der Waals surface area contributed by atoms with E-state index in [1.165, 1.54) is 29.0 Å². The molecule has 3 heterocycles. The van der Waals surface area contributed by atoms with Gasteiger partial charge in [0.1, 0.15) is 47.5 Å². The molecule has 1 aliphatic rings. The number of aliphatic hydroxyl groups excluding tert-OH is 2. The average Bonchev–Trinajstić information content (AvgIpc) is 3.34. The largest absolute Gasteiger partial charge is 0.508 e. The van der Waals surface area contributed by atoms with Gasteiger partial charge in [-0.05, 0) is 24.6 Å². The molecule has 2 aromatic heterocycles. The number of nitrogens with one attached hydrogen (secondary N) is 1. The molecule has 4 atom stereocenters. The number of fused-ring (bicyclic) bond motifs is 1. The van der Waals surface area contributed by atoms with Crippen molar-refractivity contribution in [2.45, 2.75) is 42.2 Å². The van der Waals surface area contributed by atoms with E-state index < -0.39 is 30.6 Å². The number of alkyl carbamates (subject to hydrolysis) is 1. The maximum absolute atomic E-state index is 11.5. The third-order valence-corrected chi connectivity index (χ3v) is 6.00. The summed E-state index contributed by atoms with van der Waals surface area (Å²) < 4.78 is 12.3. The van der Waals surface area contributed by atoms with Crippen molar-refractivity contribution in [3.63, 3.8) is 0 Å². The zero-order valence-corrected chi connectivity index (χ0v) is 18.0. The molecule has 12 heteroatoms. The molecule has 0 aliphatic carbocycles. The standard InChI is InChI=1S/C20H23N5O6S/c1-2-21-20(29)30-7-13-15(27)16(28)19(31-13)25-10-24-14-17(25)22-9-23-18(14)32-8-11-3-5-12(26)6-4-11/h3-6,9-10,13,15-16,19,26-28H,2,7-8H2,1H3,(H,21,29). The molecule has 0 saturated carbocycles. The molecule has 1 aromatic carbocycles. The first-order valence-corrected chi connectivity index (χ1v) is 11.0. The number of hydrogen-bond donors (Lipinski definition) is 4. The van der Waals surface area contributed by atoms with E-state index >= 15 is 0 Å². The lowest BCUT2D eigenvalue weighted by Crippen LogP contribution is -2.35. The second-order valence-electron chi connectivity index (χ2n) is 7.13. The van der Waals surface area contributed by atoms with Crippen LogP contribution in [0.5, 0.6) is 5.75 Å². The fraction of sp³-hybridized carbons (Fsp3) is 0.400. The summed E-state index contributed by atoms with van der Waals surface area (Å²) in [5.41, 5.74) is 1.98. The first-order valence-electron chi connectivity index (χ1n) is 9.98. The van der Waals surface area contributed by atoms with Crippen LogP contribution < -0.4 is 5.32 Å². The van der Waals surface area contributed by atoms with E-state index in [9.17, 15) is 20.1 Å². The minimum absolute atomic E-state index is 0.203. The Morgan fingerprint density at radius 2 is 2.00 bits per heavy atom. The van der Waals surface area contributed by atoms with E-state index in [2.05, 4.69) is 20.3 Å². The lowest BCUT2D eigenvalue weighted by atomic mass is 10.1. The molecular formula is C20H23N5O6S. The van der Waals surface area contributed by atoms with E-state index in [1.54, 1.807) is 19.1 Å². The van der Waals surface area contributed by atoms with Crippen molar-refractivity contribution in [2.24, 2.45) is 0 Å². The van der Waals surface area contributed by atoms with Crippen molar-refractivity contribution in [3.8, 4) is 5.75 Å². The van der Waals surface area contributed by atoms with Gasteiger partial charge in [-0.3, -0.25) is 4.57 Å². The number of rotatable bonds is 7. The SMILES string of the molecule is CCNC(=O)OCC1OC(n2cnc3c(SCc4ccc(O)cc4)ncnc32)C(O)C1O. The third-order valence-electron chi connectivity index (χ3n) is 4.95. The summed E-state index contributed by atoms with van der Waals surface area (Å²) in [6.45, 7) is 1.95. The molecule has 170 valence electrons. The highest BCUT2D eigenvalue weighted by molar-refractivity contribution is 7.98. The summed E-state index contributed by atoms with van der Waals surface area (Å²) in [6, 6.07) is 6.89. The topological polar surface area (TPSA) is 152 Å². The lowest BCUT2D eigenvalue weighted by molar-refractivity contribution is -0.0532. The third kappa shape index (κ3) is 4.63. The average molecular weight is 462 g/mol. The van der Waals surface area contributed by atoms with Crippen LogP contribution >= 0.6 is 11.8 Å². The molecule has 1 saturated heterocycles. The molecule has 4 N–H and O–H groups in total. The van der Waals surface area contributed by atoms with E-state index in [4.69, 9.17) is 9.47 Å². The van der Waals surface area contributed by atoms with Gasteiger partial charge in [0.15, 0.2) is 11.9 Å². The molecule has 1 fully saturated rings. The number of aromatic nitrogens is 4. The Hall–Kier alpha value is -2.93. The molecule has 1 amide bonds.